The Kier molecular flexibility index (Phi) is 4.92. The molecule has 1 saturated heterocycles. The van der Waals surface area contributed by atoms with Crippen molar-refractivity contribution >= 4 is 17.6 Å². The Morgan fingerprint density at radius 2 is 2.24 bits per heavy atom. The first kappa shape index (κ1) is 15.5. The van der Waals surface area contributed by atoms with E-state index in [1.807, 2.05) is 0 Å². The number of nitrogens with zero attached hydrogens (tertiary/aromatic N) is 2. The van der Waals surface area contributed by atoms with Crippen LogP contribution in [0, 0.1) is 12.8 Å². The Morgan fingerprint density at radius 3 is 2.86 bits per heavy atom. The average molecular weight is 296 g/mol. The van der Waals surface area contributed by atoms with E-state index in [4.69, 9.17) is 9.26 Å². The molecule has 2 rings (SSSR count). The van der Waals surface area contributed by atoms with Crippen molar-refractivity contribution in [2.75, 3.05) is 39.2 Å². The van der Waals surface area contributed by atoms with Gasteiger partial charge in [0.1, 0.15) is 5.76 Å². The van der Waals surface area contributed by atoms with Crippen LogP contribution in [-0.4, -0.2) is 61.8 Å². The molecule has 1 aliphatic rings. The van der Waals surface area contributed by atoms with Gasteiger partial charge >= 0.3 is 0 Å². The third-order valence-corrected chi connectivity index (χ3v) is 3.42. The van der Waals surface area contributed by atoms with Crippen molar-refractivity contribution in [3.8, 4) is 0 Å². The number of carbonyl (C=O) groups is 2. The first-order valence-electron chi connectivity index (χ1n) is 6.74. The summed E-state index contributed by atoms with van der Waals surface area (Å²) >= 11 is 0. The molecule has 0 aliphatic carbocycles. The van der Waals surface area contributed by atoms with Crippen molar-refractivity contribution in [2.24, 2.45) is 5.92 Å². The molecule has 2 heterocycles. The summed E-state index contributed by atoms with van der Waals surface area (Å²) in [6.45, 7) is 2.57. The Balaban J connectivity index is 1.86. The molecule has 1 aliphatic heterocycles. The monoisotopic (exact) mass is 296 g/mol. The second-order valence-electron chi connectivity index (χ2n) is 5.10. The molecule has 8 heteroatoms. The molecule has 0 radical (unpaired) electrons. The number of hydrogen-bond acceptors (Lipinski definition) is 6. The van der Waals surface area contributed by atoms with E-state index < -0.39 is 0 Å². The Bertz CT molecular complexity index is 516. The molecule has 21 heavy (non-hydrogen) atoms. The van der Waals surface area contributed by atoms with Crippen LogP contribution in [0.15, 0.2) is 10.6 Å². The second kappa shape index (κ2) is 6.68. The third kappa shape index (κ3) is 3.79. The number of aromatic nitrogens is 1. The number of carbonyl (C=O) groups excluding carboxylic acids is 2. The van der Waals surface area contributed by atoms with Gasteiger partial charge in [-0.2, -0.15) is 0 Å². The lowest BCUT2D eigenvalue weighted by Gasteiger charge is -2.23. The van der Waals surface area contributed by atoms with Crippen LogP contribution in [0.2, 0.25) is 0 Å². The minimum absolute atomic E-state index is 0.0128. The number of amides is 2. The van der Waals surface area contributed by atoms with Gasteiger partial charge in [-0.15, -0.1) is 0 Å². The van der Waals surface area contributed by atoms with Crippen LogP contribution < -0.4 is 10.6 Å². The smallest absolute Gasteiger partial charge is 0.245 e. The zero-order chi connectivity index (χ0) is 15.4. The number of likely N-dealkylation sites (N-methyl/N-ethyl adjacent to an activating group) is 2. The predicted octanol–water partition coefficient (Wildman–Crippen LogP) is -0.386. The van der Waals surface area contributed by atoms with E-state index in [2.05, 4.69) is 15.8 Å². The van der Waals surface area contributed by atoms with Crippen LogP contribution in [0.5, 0.6) is 0 Å². The third-order valence-electron chi connectivity index (χ3n) is 3.42. The molecular weight excluding hydrogens is 276 g/mol. The zero-order valence-electron chi connectivity index (χ0n) is 12.4. The van der Waals surface area contributed by atoms with Gasteiger partial charge in [0.15, 0.2) is 5.82 Å². The summed E-state index contributed by atoms with van der Waals surface area (Å²) in [5.41, 5.74) is 0. The van der Waals surface area contributed by atoms with Gasteiger partial charge in [-0.25, -0.2) is 0 Å². The molecule has 2 atom stereocenters. The topological polar surface area (TPSA) is 96.7 Å². The Labute approximate surface area is 122 Å². The minimum Gasteiger partial charge on any atom is -0.379 e. The van der Waals surface area contributed by atoms with Gasteiger partial charge in [0, 0.05) is 19.2 Å². The maximum atomic E-state index is 12.3. The molecule has 0 bridgehead atoms. The molecule has 2 amide bonds. The zero-order valence-corrected chi connectivity index (χ0v) is 12.4. The van der Waals surface area contributed by atoms with Crippen molar-refractivity contribution in [1.82, 2.24) is 15.4 Å². The number of ether oxygens (including phenoxy) is 1. The first-order valence-corrected chi connectivity index (χ1v) is 6.74. The summed E-state index contributed by atoms with van der Waals surface area (Å²) in [5.74, 6) is 0.254. The molecule has 8 nitrogen and oxygen atoms in total. The van der Waals surface area contributed by atoms with Crippen molar-refractivity contribution in [3.63, 3.8) is 0 Å². The van der Waals surface area contributed by atoms with Gasteiger partial charge in [0.2, 0.25) is 11.8 Å². The molecule has 0 aromatic carbocycles. The fraction of sp³-hybridized carbons (Fsp3) is 0.615. The molecule has 116 valence electrons. The van der Waals surface area contributed by atoms with Gasteiger partial charge in [-0.1, -0.05) is 5.16 Å². The maximum absolute atomic E-state index is 12.3. The van der Waals surface area contributed by atoms with E-state index in [-0.39, 0.29) is 30.3 Å². The minimum atomic E-state index is -0.320. The van der Waals surface area contributed by atoms with E-state index in [1.165, 1.54) is 4.90 Å². The van der Waals surface area contributed by atoms with E-state index >= 15 is 0 Å². The number of anilines is 1. The lowest BCUT2D eigenvalue weighted by atomic mass is 10.0. The highest BCUT2D eigenvalue weighted by molar-refractivity contribution is 5.94. The van der Waals surface area contributed by atoms with Gasteiger partial charge in [0.05, 0.1) is 25.7 Å². The summed E-state index contributed by atoms with van der Waals surface area (Å²) in [4.78, 5) is 25.6. The van der Waals surface area contributed by atoms with Crippen LogP contribution in [0.3, 0.4) is 0 Å². The Morgan fingerprint density at radius 1 is 1.48 bits per heavy atom. The fourth-order valence-corrected chi connectivity index (χ4v) is 2.27. The van der Waals surface area contributed by atoms with E-state index in [9.17, 15) is 9.59 Å². The summed E-state index contributed by atoms with van der Waals surface area (Å²) in [7, 11) is 3.39. The highest BCUT2D eigenvalue weighted by atomic mass is 16.5. The summed E-state index contributed by atoms with van der Waals surface area (Å²) in [6, 6.07) is 1.60. The molecule has 0 saturated carbocycles. The molecule has 2 unspecified atom stereocenters. The maximum Gasteiger partial charge on any atom is 0.245 e. The van der Waals surface area contributed by atoms with Crippen molar-refractivity contribution < 1.29 is 18.8 Å². The summed E-state index contributed by atoms with van der Waals surface area (Å²) in [5, 5.41) is 9.30. The SMILES string of the molecule is CNC1COCC1C(=O)N(C)CC(=O)Nc1cc(C)on1. The molecule has 1 aromatic heterocycles. The number of aryl methyl sites for hydroxylation is 1. The quantitative estimate of drug-likeness (QED) is 0.768. The fourth-order valence-electron chi connectivity index (χ4n) is 2.27. The molecule has 1 aromatic rings. The highest BCUT2D eigenvalue weighted by Crippen LogP contribution is 2.16. The summed E-state index contributed by atoms with van der Waals surface area (Å²) in [6.07, 6.45) is 0. The van der Waals surface area contributed by atoms with E-state index in [0.29, 0.717) is 24.8 Å². The second-order valence-corrected chi connectivity index (χ2v) is 5.10. The van der Waals surface area contributed by atoms with Crippen LogP contribution in [0.1, 0.15) is 5.76 Å². The lowest BCUT2D eigenvalue weighted by Crippen LogP contribution is -2.45. The van der Waals surface area contributed by atoms with Crippen molar-refractivity contribution in [1.29, 1.82) is 0 Å². The Hall–Kier alpha value is -1.93. The van der Waals surface area contributed by atoms with Crippen LogP contribution in [0.4, 0.5) is 5.82 Å². The van der Waals surface area contributed by atoms with Gasteiger partial charge in [-0.05, 0) is 14.0 Å². The van der Waals surface area contributed by atoms with Crippen LogP contribution in [-0.2, 0) is 14.3 Å². The number of nitrogens with one attached hydrogen (secondary N) is 2. The highest BCUT2D eigenvalue weighted by Gasteiger charge is 2.35. The molecule has 1 fully saturated rings. The van der Waals surface area contributed by atoms with Gasteiger partial charge in [-0.3, -0.25) is 9.59 Å². The van der Waals surface area contributed by atoms with E-state index in [1.54, 1.807) is 27.1 Å². The summed E-state index contributed by atoms with van der Waals surface area (Å²) < 4.78 is 10.2. The first-order chi connectivity index (χ1) is 10.0. The standard InChI is InChI=1S/C13H20N4O4/c1-8-4-11(16-21-8)15-12(18)5-17(3)13(19)9-6-20-7-10(9)14-2/h4,9-10,14H,5-7H2,1-3H3,(H,15,16,18). The largest absolute Gasteiger partial charge is 0.379 e. The number of rotatable bonds is 5. The van der Waals surface area contributed by atoms with Crippen molar-refractivity contribution in [2.45, 2.75) is 13.0 Å². The molecule has 2 N–H and O–H groups in total. The molecule has 0 spiro atoms. The number of hydrogen-bond donors (Lipinski definition) is 2. The van der Waals surface area contributed by atoms with E-state index in [0.717, 1.165) is 0 Å². The predicted molar refractivity (Wildman–Crippen MR) is 74.7 cm³/mol. The van der Waals surface area contributed by atoms with Crippen molar-refractivity contribution in [3.05, 3.63) is 11.8 Å². The molecular formula is C13H20N4O4. The van der Waals surface area contributed by atoms with Gasteiger partial charge < -0.3 is 24.8 Å². The average Bonchev–Trinajstić information content (AvgIpc) is 3.06. The lowest BCUT2D eigenvalue weighted by molar-refractivity contribution is -0.137. The normalized spacial score (nSPS) is 21.3. The van der Waals surface area contributed by atoms with Crippen LogP contribution in [0.25, 0.3) is 0 Å². The van der Waals surface area contributed by atoms with Gasteiger partial charge in [0.25, 0.3) is 0 Å². The van der Waals surface area contributed by atoms with Crippen LogP contribution >= 0.6 is 0 Å².